The summed E-state index contributed by atoms with van der Waals surface area (Å²) in [6.45, 7) is -2.48. The quantitative estimate of drug-likeness (QED) is 0.302. The van der Waals surface area contributed by atoms with Gasteiger partial charge in [0.25, 0.3) is 5.56 Å². The Kier molecular flexibility index (Phi) is 6.10. The van der Waals surface area contributed by atoms with Crippen molar-refractivity contribution in [3.8, 4) is 22.6 Å². The summed E-state index contributed by atoms with van der Waals surface area (Å²) in [4.78, 5) is 18.3. The lowest BCUT2D eigenvalue weighted by molar-refractivity contribution is -0.0498. The first-order chi connectivity index (χ1) is 16.5. The Labute approximate surface area is 196 Å². The molecule has 0 N–H and O–H groups in total. The summed E-state index contributed by atoms with van der Waals surface area (Å²) in [6.07, 6.45) is 7.09. The molecule has 0 spiro atoms. The van der Waals surface area contributed by atoms with Crippen LogP contribution in [0.1, 0.15) is 24.1 Å². The van der Waals surface area contributed by atoms with E-state index in [1.54, 1.807) is 35.9 Å². The number of alkyl halides is 2. The lowest BCUT2D eigenvalue weighted by Gasteiger charge is -2.10. The van der Waals surface area contributed by atoms with Gasteiger partial charge in [0, 0.05) is 17.1 Å². The van der Waals surface area contributed by atoms with Crippen molar-refractivity contribution in [3.63, 3.8) is 0 Å². The molecule has 0 radical (unpaired) electrons. The third-order valence-corrected chi connectivity index (χ3v) is 6.20. The van der Waals surface area contributed by atoms with Crippen molar-refractivity contribution in [2.24, 2.45) is 5.92 Å². The number of benzene rings is 2. The van der Waals surface area contributed by atoms with Crippen molar-refractivity contribution in [2.75, 3.05) is 6.61 Å². The van der Waals surface area contributed by atoms with Crippen LogP contribution in [0.2, 0.25) is 0 Å². The molecule has 5 nitrogen and oxygen atoms in total. The van der Waals surface area contributed by atoms with Crippen LogP contribution in [-0.4, -0.2) is 22.6 Å². The molecule has 0 unspecified atom stereocenters. The maximum atomic E-state index is 14.5. The topological polar surface area (TPSA) is 52.8 Å². The number of hydrogen-bond acceptors (Lipinski definition) is 5. The molecular formula is C25H19F3N2O3S. The number of ether oxygens (including phenoxy) is 2. The van der Waals surface area contributed by atoms with E-state index < -0.39 is 12.4 Å². The van der Waals surface area contributed by atoms with E-state index in [1.807, 2.05) is 0 Å². The molecule has 1 saturated carbocycles. The number of hydrogen-bond donors (Lipinski definition) is 0. The SMILES string of the molecule is O=c1c(-c2ccc(OC(F)F)cc2)c(/C=C/c2cccc(F)c2OCC2CC2)nc2sccn12. The van der Waals surface area contributed by atoms with Crippen LogP contribution in [0.25, 0.3) is 28.2 Å². The first-order valence-corrected chi connectivity index (χ1v) is 11.5. The van der Waals surface area contributed by atoms with E-state index in [9.17, 15) is 18.0 Å². The lowest BCUT2D eigenvalue weighted by atomic mass is 10.0. The molecule has 1 aliphatic carbocycles. The molecule has 1 aliphatic rings. The van der Waals surface area contributed by atoms with E-state index in [1.165, 1.54) is 46.1 Å². The van der Waals surface area contributed by atoms with Crippen LogP contribution in [0.4, 0.5) is 13.2 Å². The van der Waals surface area contributed by atoms with Gasteiger partial charge in [0.05, 0.1) is 17.9 Å². The van der Waals surface area contributed by atoms with E-state index in [4.69, 9.17) is 4.74 Å². The number of para-hydroxylation sites is 1. The van der Waals surface area contributed by atoms with E-state index in [-0.39, 0.29) is 22.6 Å². The van der Waals surface area contributed by atoms with Gasteiger partial charge in [-0.15, -0.1) is 11.3 Å². The number of halogens is 3. The van der Waals surface area contributed by atoms with Crippen molar-refractivity contribution in [1.82, 2.24) is 9.38 Å². The first kappa shape index (κ1) is 22.2. The average molecular weight is 484 g/mol. The second-order valence-corrected chi connectivity index (χ2v) is 8.75. The maximum Gasteiger partial charge on any atom is 0.387 e. The minimum Gasteiger partial charge on any atom is -0.490 e. The highest BCUT2D eigenvalue weighted by Gasteiger charge is 2.23. The van der Waals surface area contributed by atoms with Crippen LogP contribution in [0.5, 0.6) is 11.5 Å². The fourth-order valence-corrected chi connectivity index (χ4v) is 4.27. The van der Waals surface area contributed by atoms with Gasteiger partial charge < -0.3 is 9.47 Å². The zero-order chi connectivity index (χ0) is 23.7. The molecule has 174 valence electrons. The molecule has 2 aromatic carbocycles. The van der Waals surface area contributed by atoms with Crippen LogP contribution in [0, 0.1) is 11.7 Å². The van der Waals surface area contributed by atoms with Crippen LogP contribution in [0.3, 0.4) is 0 Å². The summed E-state index contributed by atoms with van der Waals surface area (Å²) >= 11 is 1.30. The molecule has 0 amide bonds. The minimum atomic E-state index is -2.94. The third-order valence-electron chi connectivity index (χ3n) is 5.44. The van der Waals surface area contributed by atoms with Gasteiger partial charge >= 0.3 is 6.61 Å². The summed E-state index contributed by atoms with van der Waals surface area (Å²) in [7, 11) is 0. The third kappa shape index (κ3) is 4.70. The molecule has 2 aromatic heterocycles. The summed E-state index contributed by atoms with van der Waals surface area (Å²) < 4.78 is 51.0. The predicted molar refractivity (Wildman–Crippen MR) is 125 cm³/mol. The van der Waals surface area contributed by atoms with E-state index in [0.717, 1.165) is 12.8 Å². The van der Waals surface area contributed by atoms with Crippen LogP contribution in [-0.2, 0) is 0 Å². The molecule has 4 aromatic rings. The molecule has 1 fully saturated rings. The van der Waals surface area contributed by atoms with E-state index in [2.05, 4.69) is 9.72 Å². The Morgan fingerprint density at radius 3 is 2.68 bits per heavy atom. The van der Waals surface area contributed by atoms with Gasteiger partial charge in [-0.2, -0.15) is 8.78 Å². The lowest BCUT2D eigenvalue weighted by Crippen LogP contribution is -2.17. The normalized spacial score (nSPS) is 13.8. The number of fused-ring (bicyclic) bond motifs is 1. The van der Waals surface area contributed by atoms with E-state index in [0.29, 0.717) is 34.3 Å². The highest BCUT2D eigenvalue weighted by atomic mass is 32.1. The van der Waals surface area contributed by atoms with Gasteiger partial charge in [0.15, 0.2) is 16.5 Å². The Hall–Kier alpha value is -3.59. The fourth-order valence-electron chi connectivity index (χ4n) is 3.55. The monoisotopic (exact) mass is 484 g/mol. The molecule has 9 heteroatoms. The van der Waals surface area contributed by atoms with Crippen molar-refractivity contribution in [1.29, 1.82) is 0 Å². The predicted octanol–water partition coefficient (Wildman–Crippen LogP) is 6.12. The van der Waals surface area contributed by atoms with Gasteiger partial charge in [-0.3, -0.25) is 9.20 Å². The summed E-state index contributed by atoms with van der Waals surface area (Å²) in [5.74, 6) is 0.148. The summed E-state index contributed by atoms with van der Waals surface area (Å²) in [6, 6.07) is 10.5. The number of rotatable bonds is 8. The van der Waals surface area contributed by atoms with Crippen LogP contribution < -0.4 is 15.0 Å². The Bertz CT molecular complexity index is 1410. The standard InChI is InChI=1S/C25H19F3N2O3S/c26-19-3-1-2-17(22(19)32-14-15-4-5-15)8-11-20-21(23(31)30-12-13-34-25(30)29-20)16-6-9-18(10-7-16)33-24(27)28/h1-3,6-13,15,24H,4-5,14H2/b11-8+. The van der Waals surface area contributed by atoms with Gasteiger partial charge in [0.1, 0.15) is 5.75 Å². The zero-order valence-corrected chi connectivity index (χ0v) is 18.6. The molecule has 0 aliphatic heterocycles. The fraction of sp³-hybridized carbons (Fsp3) is 0.200. The van der Waals surface area contributed by atoms with Crippen LogP contribution in [0.15, 0.2) is 58.8 Å². The molecular weight excluding hydrogens is 465 g/mol. The largest absolute Gasteiger partial charge is 0.490 e. The smallest absolute Gasteiger partial charge is 0.387 e. The molecule has 5 rings (SSSR count). The Morgan fingerprint density at radius 1 is 1.15 bits per heavy atom. The molecule has 2 heterocycles. The molecule has 0 atom stereocenters. The van der Waals surface area contributed by atoms with Crippen molar-refractivity contribution in [2.45, 2.75) is 19.5 Å². The summed E-state index contributed by atoms with van der Waals surface area (Å²) in [5.41, 5.74) is 1.36. The van der Waals surface area contributed by atoms with Gasteiger partial charge in [-0.25, -0.2) is 9.37 Å². The molecule has 0 saturated heterocycles. The molecule has 0 bridgehead atoms. The highest BCUT2D eigenvalue weighted by Crippen LogP contribution is 2.32. The minimum absolute atomic E-state index is 0.0160. The summed E-state index contributed by atoms with van der Waals surface area (Å²) in [5, 5.41) is 1.75. The van der Waals surface area contributed by atoms with Crippen molar-refractivity contribution < 1.29 is 22.6 Å². The maximum absolute atomic E-state index is 14.5. The van der Waals surface area contributed by atoms with Gasteiger partial charge in [0.2, 0.25) is 0 Å². The van der Waals surface area contributed by atoms with Crippen molar-refractivity contribution >= 4 is 28.4 Å². The number of nitrogens with zero attached hydrogens (tertiary/aromatic N) is 2. The number of thiazole rings is 1. The number of aromatic nitrogens is 2. The van der Waals surface area contributed by atoms with Crippen molar-refractivity contribution in [3.05, 3.63) is 81.5 Å². The van der Waals surface area contributed by atoms with Crippen LogP contribution >= 0.6 is 11.3 Å². The molecule has 34 heavy (non-hydrogen) atoms. The average Bonchev–Trinajstić information content (AvgIpc) is 3.52. The van der Waals surface area contributed by atoms with Gasteiger partial charge in [-0.1, -0.05) is 24.3 Å². The second kappa shape index (κ2) is 9.34. The highest BCUT2D eigenvalue weighted by molar-refractivity contribution is 7.15. The first-order valence-electron chi connectivity index (χ1n) is 10.6. The van der Waals surface area contributed by atoms with Gasteiger partial charge in [-0.05, 0) is 54.7 Å². The zero-order valence-electron chi connectivity index (χ0n) is 17.8. The Morgan fingerprint density at radius 2 is 1.94 bits per heavy atom. The second-order valence-electron chi connectivity index (χ2n) is 7.88. The van der Waals surface area contributed by atoms with E-state index >= 15 is 0 Å². The Balaban J connectivity index is 1.56.